The molecule has 0 bridgehead atoms. The highest BCUT2D eigenvalue weighted by molar-refractivity contribution is 9.10. The Kier molecular flexibility index (Phi) is 3.89. The highest BCUT2D eigenvalue weighted by Gasteiger charge is 2.14. The lowest BCUT2D eigenvalue weighted by Crippen LogP contribution is -2.27. The molecule has 3 nitrogen and oxygen atoms in total. The molecule has 0 aliphatic carbocycles. The largest absolute Gasteiger partial charge is 0.301 e. The Morgan fingerprint density at radius 1 is 1.56 bits per heavy atom. The van der Waals surface area contributed by atoms with Crippen molar-refractivity contribution in [3.05, 3.63) is 33.3 Å². The van der Waals surface area contributed by atoms with Crippen molar-refractivity contribution < 1.29 is 4.79 Å². The van der Waals surface area contributed by atoms with Gasteiger partial charge >= 0.3 is 0 Å². The molecule has 0 saturated carbocycles. The van der Waals surface area contributed by atoms with E-state index in [1.165, 1.54) is 0 Å². The highest BCUT2D eigenvalue weighted by Crippen LogP contribution is 2.21. The van der Waals surface area contributed by atoms with E-state index in [0.29, 0.717) is 15.8 Å². The van der Waals surface area contributed by atoms with E-state index in [0.717, 1.165) is 16.8 Å². The lowest BCUT2D eigenvalue weighted by molar-refractivity contribution is 0.0978. The van der Waals surface area contributed by atoms with Crippen LogP contribution in [0.5, 0.6) is 0 Å². The van der Waals surface area contributed by atoms with Crippen LogP contribution in [-0.2, 0) is 0 Å². The minimum atomic E-state index is -0.217. The molecule has 0 saturated heterocycles. The predicted molar refractivity (Wildman–Crippen MR) is 71.4 cm³/mol. The zero-order valence-electron chi connectivity index (χ0n) is 8.17. The summed E-state index contributed by atoms with van der Waals surface area (Å²) in [6.07, 6.45) is 0. The number of nitrogens with one attached hydrogen (secondary N) is 1. The molecule has 0 unspecified atom stereocenters. The molecule has 0 spiro atoms. The molecule has 2 rings (SSSR count). The SMILES string of the molecule is O=C(NC1=NCCS1)c1ccc(Br)cc1Cl. The Labute approximate surface area is 111 Å². The molecule has 1 amide bonds. The van der Waals surface area contributed by atoms with E-state index in [9.17, 15) is 4.79 Å². The number of thioether (sulfide) groups is 1. The first-order valence-electron chi connectivity index (χ1n) is 4.60. The van der Waals surface area contributed by atoms with E-state index >= 15 is 0 Å². The zero-order valence-corrected chi connectivity index (χ0v) is 11.3. The van der Waals surface area contributed by atoms with Gasteiger partial charge in [0.25, 0.3) is 5.91 Å². The average Bonchev–Trinajstić information content (AvgIpc) is 2.70. The van der Waals surface area contributed by atoms with Crippen molar-refractivity contribution in [2.75, 3.05) is 12.3 Å². The van der Waals surface area contributed by atoms with Crippen LogP contribution >= 0.6 is 39.3 Å². The molecule has 1 heterocycles. The van der Waals surface area contributed by atoms with E-state index in [4.69, 9.17) is 11.6 Å². The topological polar surface area (TPSA) is 41.5 Å². The normalized spacial score (nSPS) is 14.8. The molecule has 0 radical (unpaired) electrons. The molecule has 0 atom stereocenters. The van der Waals surface area contributed by atoms with Gasteiger partial charge in [0, 0.05) is 10.2 Å². The van der Waals surface area contributed by atoms with Crippen LogP contribution in [0.2, 0.25) is 5.02 Å². The van der Waals surface area contributed by atoms with Crippen molar-refractivity contribution in [3.63, 3.8) is 0 Å². The molecule has 84 valence electrons. The summed E-state index contributed by atoms with van der Waals surface area (Å²) in [5.41, 5.74) is 0.458. The number of carbonyl (C=O) groups is 1. The lowest BCUT2D eigenvalue weighted by Gasteiger charge is -2.05. The third kappa shape index (κ3) is 2.78. The van der Waals surface area contributed by atoms with Crippen LogP contribution in [-0.4, -0.2) is 23.4 Å². The van der Waals surface area contributed by atoms with E-state index in [1.807, 2.05) is 0 Å². The van der Waals surface area contributed by atoms with Crippen LogP contribution in [0.15, 0.2) is 27.7 Å². The molecule has 1 aliphatic rings. The number of benzene rings is 1. The van der Waals surface area contributed by atoms with E-state index in [1.54, 1.807) is 30.0 Å². The Balaban J connectivity index is 2.14. The standard InChI is InChI=1S/C10H8BrClN2OS/c11-6-1-2-7(8(12)5-6)9(15)14-10-13-3-4-16-10/h1-2,5H,3-4H2,(H,13,14,15). The monoisotopic (exact) mass is 318 g/mol. The summed E-state index contributed by atoms with van der Waals surface area (Å²) in [7, 11) is 0. The average molecular weight is 320 g/mol. The number of rotatable bonds is 1. The summed E-state index contributed by atoms with van der Waals surface area (Å²) in [4.78, 5) is 16.0. The fourth-order valence-electron chi connectivity index (χ4n) is 1.25. The van der Waals surface area contributed by atoms with Gasteiger partial charge in [0.1, 0.15) is 0 Å². The Morgan fingerprint density at radius 2 is 2.38 bits per heavy atom. The molecule has 0 fully saturated rings. The first-order valence-corrected chi connectivity index (χ1v) is 6.76. The van der Waals surface area contributed by atoms with Gasteiger partial charge in [-0.1, -0.05) is 39.3 Å². The van der Waals surface area contributed by atoms with Gasteiger partial charge in [-0.15, -0.1) is 0 Å². The Hall–Kier alpha value is -0.520. The molecular weight excluding hydrogens is 312 g/mol. The highest BCUT2D eigenvalue weighted by atomic mass is 79.9. The number of aliphatic imine (C=N–C) groups is 1. The van der Waals surface area contributed by atoms with Crippen LogP contribution in [0.3, 0.4) is 0 Å². The molecule has 6 heteroatoms. The molecule has 1 aromatic rings. The first kappa shape index (κ1) is 12.0. The predicted octanol–water partition coefficient (Wildman–Crippen LogP) is 2.94. The van der Waals surface area contributed by atoms with Crippen LogP contribution in [0.4, 0.5) is 0 Å². The maximum absolute atomic E-state index is 11.8. The zero-order chi connectivity index (χ0) is 11.5. The summed E-state index contributed by atoms with van der Waals surface area (Å²) < 4.78 is 0.849. The molecule has 0 aromatic heterocycles. The molecule has 1 N–H and O–H groups in total. The second-order valence-electron chi connectivity index (χ2n) is 3.11. The Morgan fingerprint density at radius 3 is 3.00 bits per heavy atom. The fourth-order valence-corrected chi connectivity index (χ4v) is 2.73. The number of carbonyl (C=O) groups excluding carboxylic acids is 1. The molecule has 16 heavy (non-hydrogen) atoms. The number of hydrogen-bond acceptors (Lipinski definition) is 3. The van der Waals surface area contributed by atoms with Crippen LogP contribution in [0.25, 0.3) is 0 Å². The summed E-state index contributed by atoms with van der Waals surface area (Å²) in [5.74, 6) is 0.703. The van der Waals surface area contributed by atoms with Gasteiger partial charge in [-0.05, 0) is 18.2 Å². The molecular formula is C10H8BrClN2OS. The Bertz CT molecular complexity index is 464. The molecule has 1 aromatic carbocycles. The van der Waals surface area contributed by atoms with Gasteiger partial charge in [-0.25, -0.2) is 0 Å². The van der Waals surface area contributed by atoms with Crippen molar-refractivity contribution in [2.45, 2.75) is 0 Å². The summed E-state index contributed by atoms with van der Waals surface area (Å²) in [6.45, 7) is 0.758. The second-order valence-corrected chi connectivity index (χ2v) is 5.52. The minimum Gasteiger partial charge on any atom is -0.301 e. The number of halogens is 2. The van der Waals surface area contributed by atoms with E-state index in [2.05, 4.69) is 26.2 Å². The number of amides is 1. The van der Waals surface area contributed by atoms with Gasteiger partial charge < -0.3 is 5.32 Å². The molecule has 1 aliphatic heterocycles. The van der Waals surface area contributed by atoms with Gasteiger partial charge in [-0.2, -0.15) is 0 Å². The van der Waals surface area contributed by atoms with Crippen molar-refractivity contribution in [1.29, 1.82) is 0 Å². The number of amidine groups is 1. The van der Waals surface area contributed by atoms with Crippen molar-refractivity contribution in [2.24, 2.45) is 4.99 Å². The summed E-state index contributed by atoms with van der Waals surface area (Å²) >= 11 is 10.8. The van der Waals surface area contributed by atoms with Crippen molar-refractivity contribution in [3.8, 4) is 0 Å². The van der Waals surface area contributed by atoms with Crippen LogP contribution < -0.4 is 5.32 Å². The third-order valence-corrected chi connectivity index (χ3v) is 3.68. The van der Waals surface area contributed by atoms with Crippen molar-refractivity contribution >= 4 is 50.4 Å². The fraction of sp³-hybridized carbons (Fsp3) is 0.200. The minimum absolute atomic E-state index is 0.217. The first-order chi connectivity index (χ1) is 7.66. The maximum atomic E-state index is 11.8. The van der Waals surface area contributed by atoms with E-state index in [-0.39, 0.29) is 5.91 Å². The lowest BCUT2D eigenvalue weighted by atomic mass is 10.2. The van der Waals surface area contributed by atoms with E-state index < -0.39 is 0 Å². The van der Waals surface area contributed by atoms with Crippen molar-refractivity contribution in [1.82, 2.24) is 5.32 Å². The third-order valence-electron chi connectivity index (χ3n) is 1.98. The van der Waals surface area contributed by atoms with Gasteiger partial charge in [0.05, 0.1) is 17.1 Å². The quantitative estimate of drug-likeness (QED) is 0.864. The van der Waals surface area contributed by atoms with Gasteiger partial charge in [-0.3, -0.25) is 9.79 Å². The summed E-state index contributed by atoms with van der Waals surface area (Å²) in [5, 5.41) is 3.83. The smallest absolute Gasteiger partial charge is 0.258 e. The van der Waals surface area contributed by atoms with Crippen LogP contribution in [0.1, 0.15) is 10.4 Å². The summed E-state index contributed by atoms with van der Waals surface area (Å²) in [6, 6.07) is 5.16. The second kappa shape index (κ2) is 5.21. The van der Waals surface area contributed by atoms with Gasteiger partial charge in [0.15, 0.2) is 5.17 Å². The number of nitrogens with zero attached hydrogens (tertiary/aromatic N) is 1. The number of hydrogen-bond donors (Lipinski definition) is 1. The maximum Gasteiger partial charge on any atom is 0.258 e. The van der Waals surface area contributed by atoms with Crippen LogP contribution in [0, 0.1) is 0 Å². The van der Waals surface area contributed by atoms with Gasteiger partial charge in [0.2, 0.25) is 0 Å².